The molecule has 1 heterocycles. The number of hydrogen-bond acceptors (Lipinski definition) is 4. The van der Waals surface area contributed by atoms with Crippen molar-refractivity contribution < 1.29 is 9.59 Å². The predicted octanol–water partition coefficient (Wildman–Crippen LogP) is 2.53. The van der Waals surface area contributed by atoms with E-state index in [1.807, 2.05) is 26.8 Å². The van der Waals surface area contributed by atoms with Crippen molar-refractivity contribution >= 4 is 23.3 Å². The molecule has 0 radical (unpaired) electrons. The molecule has 0 amide bonds. The Balaban J connectivity index is 2.35. The lowest BCUT2D eigenvalue weighted by Crippen LogP contribution is -2.22. The second-order valence-corrected chi connectivity index (χ2v) is 6.18. The van der Waals surface area contributed by atoms with Gasteiger partial charge in [-0.05, 0) is 31.9 Å². The molecule has 0 aliphatic carbocycles. The molecule has 0 aliphatic rings. The lowest BCUT2D eigenvalue weighted by atomic mass is 10.2. The molecular formula is C16H23NO3S. The molecule has 0 fully saturated rings. The summed E-state index contributed by atoms with van der Waals surface area (Å²) in [7, 11) is 0. The van der Waals surface area contributed by atoms with Crippen molar-refractivity contribution in [2.45, 2.75) is 46.6 Å². The smallest absolute Gasteiger partial charge is 0.250 e. The Labute approximate surface area is 129 Å². The second kappa shape index (κ2) is 8.82. The average Bonchev–Trinajstić information content (AvgIpc) is 2.41. The summed E-state index contributed by atoms with van der Waals surface area (Å²) in [5, 5.41) is 0. The molecule has 116 valence electrons. The van der Waals surface area contributed by atoms with Crippen molar-refractivity contribution in [3.8, 4) is 0 Å². The molecule has 1 aromatic heterocycles. The van der Waals surface area contributed by atoms with Gasteiger partial charge in [0.1, 0.15) is 11.6 Å². The fourth-order valence-corrected chi connectivity index (χ4v) is 2.98. The number of aromatic nitrogens is 1. The molecule has 5 heteroatoms. The number of Topliss-reactive ketones (excluding diaryl/α,β-unsaturated/α-hetero) is 2. The van der Waals surface area contributed by atoms with E-state index in [2.05, 4.69) is 0 Å². The summed E-state index contributed by atoms with van der Waals surface area (Å²) in [5.74, 6) is 1.11. The van der Waals surface area contributed by atoms with E-state index in [1.165, 1.54) is 11.8 Å². The fraction of sp³-hybridized carbons (Fsp3) is 0.562. The Morgan fingerprint density at radius 3 is 2.43 bits per heavy atom. The van der Waals surface area contributed by atoms with Crippen LogP contribution in [-0.4, -0.2) is 27.6 Å². The third-order valence-electron chi connectivity index (χ3n) is 3.24. The summed E-state index contributed by atoms with van der Waals surface area (Å²) >= 11 is 1.38. The number of thioether (sulfide) groups is 1. The Morgan fingerprint density at radius 2 is 1.81 bits per heavy atom. The first-order valence-corrected chi connectivity index (χ1v) is 8.38. The summed E-state index contributed by atoms with van der Waals surface area (Å²) in [5.41, 5.74) is 1.88. The molecule has 0 saturated carbocycles. The highest BCUT2D eigenvalue weighted by molar-refractivity contribution is 8.00. The molecular weight excluding hydrogens is 286 g/mol. The number of carbonyl (C=O) groups excluding carboxylic acids is 2. The number of rotatable bonds is 9. The van der Waals surface area contributed by atoms with Crippen molar-refractivity contribution in [1.29, 1.82) is 0 Å². The maximum atomic E-state index is 11.9. The van der Waals surface area contributed by atoms with E-state index in [0.717, 1.165) is 11.3 Å². The summed E-state index contributed by atoms with van der Waals surface area (Å²) in [6.07, 6.45) is 1.63. The molecule has 0 aromatic carbocycles. The van der Waals surface area contributed by atoms with Crippen molar-refractivity contribution in [3.05, 3.63) is 33.7 Å². The molecule has 0 aliphatic heterocycles. The van der Waals surface area contributed by atoms with E-state index < -0.39 is 0 Å². The van der Waals surface area contributed by atoms with Crippen molar-refractivity contribution in [1.82, 2.24) is 4.57 Å². The molecule has 1 rings (SSSR count). The third kappa shape index (κ3) is 6.29. The van der Waals surface area contributed by atoms with Gasteiger partial charge < -0.3 is 4.57 Å². The molecule has 21 heavy (non-hydrogen) atoms. The summed E-state index contributed by atoms with van der Waals surface area (Å²) in [4.78, 5) is 34.7. The van der Waals surface area contributed by atoms with E-state index in [0.29, 0.717) is 37.3 Å². The van der Waals surface area contributed by atoms with Gasteiger partial charge in [-0.2, -0.15) is 0 Å². The van der Waals surface area contributed by atoms with Crippen molar-refractivity contribution in [2.24, 2.45) is 0 Å². The van der Waals surface area contributed by atoms with Crippen LogP contribution >= 0.6 is 11.8 Å². The number of hydrogen-bond donors (Lipinski definition) is 0. The normalized spacial score (nSPS) is 10.6. The van der Waals surface area contributed by atoms with Gasteiger partial charge in [-0.15, -0.1) is 11.8 Å². The van der Waals surface area contributed by atoms with Crippen LogP contribution in [0.25, 0.3) is 0 Å². The van der Waals surface area contributed by atoms with Crippen LogP contribution in [-0.2, 0) is 16.1 Å². The van der Waals surface area contributed by atoms with E-state index >= 15 is 0 Å². The first-order valence-electron chi connectivity index (χ1n) is 7.23. The average molecular weight is 309 g/mol. The monoisotopic (exact) mass is 309 g/mol. The first kappa shape index (κ1) is 17.7. The lowest BCUT2D eigenvalue weighted by molar-refractivity contribution is -0.116. The topological polar surface area (TPSA) is 56.1 Å². The highest BCUT2D eigenvalue weighted by atomic mass is 32.2. The number of aryl methyl sites for hydroxylation is 2. The summed E-state index contributed by atoms with van der Waals surface area (Å²) in [6, 6.07) is 3.58. The van der Waals surface area contributed by atoms with Crippen molar-refractivity contribution in [3.63, 3.8) is 0 Å². The number of nitrogens with zero attached hydrogens (tertiary/aromatic N) is 1. The zero-order valence-corrected chi connectivity index (χ0v) is 13.8. The van der Waals surface area contributed by atoms with Crippen LogP contribution in [0.15, 0.2) is 16.9 Å². The molecule has 4 nitrogen and oxygen atoms in total. The molecule has 0 N–H and O–H groups in total. The van der Waals surface area contributed by atoms with Gasteiger partial charge in [0.25, 0.3) is 5.56 Å². The van der Waals surface area contributed by atoms with Gasteiger partial charge in [0.05, 0.1) is 11.5 Å². The van der Waals surface area contributed by atoms with Crippen LogP contribution in [0.3, 0.4) is 0 Å². The first-order chi connectivity index (χ1) is 9.93. The Kier molecular flexibility index (Phi) is 7.43. The Bertz CT molecular complexity index is 563. The van der Waals surface area contributed by atoms with Crippen LogP contribution in [0.4, 0.5) is 0 Å². The maximum absolute atomic E-state index is 11.9. The van der Waals surface area contributed by atoms with E-state index in [-0.39, 0.29) is 17.1 Å². The Morgan fingerprint density at radius 1 is 1.14 bits per heavy atom. The van der Waals surface area contributed by atoms with E-state index in [9.17, 15) is 14.4 Å². The molecule has 0 unspecified atom stereocenters. The van der Waals surface area contributed by atoms with Crippen LogP contribution < -0.4 is 5.56 Å². The largest absolute Gasteiger partial charge is 0.313 e. The van der Waals surface area contributed by atoms with Gasteiger partial charge >= 0.3 is 0 Å². The number of pyridine rings is 1. The zero-order chi connectivity index (χ0) is 15.8. The number of ketones is 2. The second-order valence-electron chi connectivity index (χ2n) is 5.19. The van der Waals surface area contributed by atoms with Crippen LogP contribution in [0.5, 0.6) is 0 Å². The molecule has 1 aromatic rings. The summed E-state index contributed by atoms with van der Waals surface area (Å²) in [6.45, 7) is 6.20. The molecule has 0 atom stereocenters. The lowest BCUT2D eigenvalue weighted by Gasteiger charge is -2.10. The maximum Gasteiger partial charge on any atom is 0.250 e. The highest BCUT2D eigenvalue weighted by Gasteiger charge is 2.06. The SMILES string of the molecule is CCC(=O)CSCC(=O)CCCn1c(C)cc(C)cc1=O. The van der Waals surface area contributed by atoms with E-state index in [4.69, 9.17) is 0 Å². The third-order valence-corrected chi connectivity index (χ3v) is 4.29. The molecule has 0 bridgehead atoms. The number of carbonyl (C=O) groups is 2. The van der Waals surface area contributed by atoms with Crippen LogP contribution in [0.1, 0.15) is 37.4 Å². The zero-order valence-electron chi connectivity index (χ0n) is 13.0. The van der Waals surface area contributed by atoms with Gasteiger partial charge in [-0.1, -0.05) is 6.92 Å². The van der Waals surface area contributed by atoms with Crippen LogP contribution in [0.2, 0.25) is 0 Å². The van der Waals surface area contributed by atoms with Gasteiger partial charge in [0.15, 0.2) is 0 Å². The summed E-state index contributed by atoms with van der Waals surface area (Å²) < 4.78 is 1.70. The molecule has 0 spiro atoms. The predicted molar refractivity (Wildman–Crippen MR) is 87.0 cm³/mol. The van der Waals surface area contributed by atoms with E-state index in [1.54, 1.807) is 10.6 Å². The minimum atomic E-state index is -0.0112. The van der Waals surface area contributed by atoms with Crippen molar-refractivity contribution in [2.75, 3.05) is 11.5 Å². The van der Waals surface area contributed by atoms with Gasteiger partial charge in [0, 0.05) is 31.1 Å². The standard InChI is InChI=1S/C16H23NO3S/c1-4-14(18)10-21-11-15(19)6-5-7-17-13(3)8-12(2)9-16(17)20/h8-9H,4-7,10-11H2,1-3H3. The Hall–Kier alpha value is -1.36. The van der Waals surface area contributed by atoms with Gasteiger partial charge in [-0.25, -0.2) is 0 Å². The highest BCUT2D eigenvalue weighted by Crippen LogP contribution is 2.06. The fourth-order valence-electron chi connectivity index (χ4n) is 2.07. The quantitative estimate of drug-likeness (QED) is 0.703. The molecule has 0 saturated heterocycles. The minimum Gasteiger partial charge on any atom is -0.313 e. The van der Waals surface area contributed by atoms with Gasteiger partial charge in [-0.3, -0.25) is 14.4 Å². The van der Waals surface area contributed by atoms with Gasteiger partial charge in [0.2, 0.25) is 0 Å². The van der Waals surface area contributed by atoms with Crippen LogP contribution in [0, 0.1) is 13.8 Å². The minimum absolute atomic E-state index is 0.0112.